The van der Waals surface area contributed by atoms with E-state index < -0.39 is 10.6 Å². The Hall–Kier alpha value is -0.700. The van der Waals surface area contributed by atoms with Gasteiger partial charge in [-0.25, -0.2) is 0 Å². The highest BCUT2D eigenvalue weighted by Crippen LogP contribution is 2.30. The van der Waals surface area contributed by atoms with Crippen molar-refractivity contribution in [1.82, 2.24) is 9.97 Å². The highest BCUT2D eigenvalue weighted by atomic mass is 35.5. The third-order valence-corrected chi connectivity index (χ3v) is 3.59. The normalized spacial score (nSPS) is 10.2. The van der Waals surface area contributed by atoms with Crippen molar-refractivity contribution >= 4 is 63.1 Å². The van der Waals surface area contributed by atoms with E-state index in [0.29, 0.717) is 4.32 Å². The average Bonchev–Trinajstić information content (AvgIpc) is 2.24. The van der Waals surface area contributed by atoms with Crippen LogP contribution in [0, 0.1) is 10.1 Å². The summed E-state index contributed by atoms with van der Waals surface area (Å²) < 4.78 is 0.456. The minimum Gasteiger partial charge on any atom is -0.310 e. The van der Waals surface area contributed by atoms with Gasteiger partial charge in [0.1, 0.15) is 4.32 Å². The van der Waals surface area contributed by atoms with Crippen LogP contribution < -0.4 is 5.32 Å². The summed E-state index contributed by atoms with van der Waals surface area (Å²) in [6.45, 7) is 2.02. The molecular formula is C8H8Cl2N4O2S2. The number of thioether (sulfide) groups is 1. The van der Waals surface area contributed by atoms with Gasteiger partial charge in [-0.15, -0.1) is 0 Å². The molecule has 0 amide bonds. The first-order valence-electron chi connectivity index (χ1n) is 4.77. The zero-order chi connectivity index (χ0) is 13.7. The first-order chi connectivity index (χ1) is 8.45. The molecule has 0 bridgehead atoms. The van der Waals surface area contributed by atoms with Crippen LogP contribution in [0.15, 0.2) is 0 Å². The molecule has 10 heteroatoms. The second kappa shape index (κ2) is 7.03. The van der Waals surface area contributed by atoms with Crippen LogP contribution in [0.1, 0.15) is 13.3 Å². The topological polar surface area (TPSA) is 81.0 Å². The van der Waals surface area contributed by atoms with Gasteiger partial charge in [-0.05, 0) is 12.2 Å². The Morgan fingerprint density at radius 3 is 2.50 bits per heavy atom. The van der Waals surface area contributed by atoms with Gasteiger partial charge in [0.05, 0.1) is 4.92 Å². The molecule has 1 rings (SSSR count). The zero-order valence-electron chi connectivity index (χ0n) is 9.14. The van der Waals surface area contributed by atoms with E-state index in [1.165, 1.54) is 11.8 Å². The molecule has 0 aromatic carbocycles. The quantitative estimate of drug-likeness (QED) is 0.392. The summed E-state index contributed by atoms with van der Waals surface area (Å²) in [6.07, 6.45) is 0.967. The van der Waals surface area contributed by atoms with E-state index in [2.05, 4.69) is 15.3 Å². The first kappa shape index (κ1) is 15.4. The average molecular weight is 327 g/mol. The molecule has 6 nitrogen and oxygen atoms in total. The van der Waals surface area contributed by atoms with Crippen molar-refractivity contribution in [2.45, 2.75) is 13.3 Å². The molecule has 0 atom stereocenters. The lowest BCUT2D eigenvalue weighted by Gasteiger charge is -2.06. The number of halogens is 2. The summed E-state index contributed by atoms with van der Waals surface area (Å²) in [7, 11) is 0. The van der Waals surface area contributed by atoms with Crippen molar-refractivity contribution in [2.24, 2.45) is 0 Å². The fourth-order valence-electron chi connectivity index (χ4n) is 0.931. The lowest BCUT2D eigenvalue weighted by atomic mass is 10.5. The zero-order valence-corrected chi connectivity index (χ0v) is 12.3. The standard InChI is InChI=1S/C8H8Cl2N4O2S2/c1-2-3-18-8(17)13-7-11-5(9)4(14(15)16)6(10)12-7/h2-3H2,1H3,(H,11,12,13,17). The van der Waals surface area contributed by atoms with Crippen molar-refractivity contribution in [1.29, 1.82) is 0 Å². The largest absolute Gasteiger partial charge is 0.343 e. The van der Waals surface area contributed by atoms with Crippen LogP contribution in [-0.4, -0.2) is 25.0 Å². The van der Waals surface area contributed by atoms with Gasteiger partial charge in [-0.2, -0.15) is 9.97 Å². The summed E-state index contributed by atoms with van der Waals surface area (Å²) in [6, 6.07) is 0. The van der Waals surface area contributed by atoms with Gasteiger partial charge in [0.2, 0.25) is 16.3 Å². The minimum atomic E-state index is -0.737. The van der Waals surface area contributed by atoms with Gasteiger partial charge in [-0.3, -0.25) is 10.1 Å². The van der Waals surface area contributed by atoms with Crippen LogP contribution in [0.5, 0.6) is 0 Å². The summed E-state index contributed by atoms with van der Waals surface area (Å²) in [4.78, 5) is 17.3. The lowest BCUT2D eigenvalue weighted by molar-refractivity contribution is -0.385. The van der Waals surface area contributed by atoms with Crippen molar-refractivity contribution in [3.05, 3.63) is 20.4 Å². The fourth-order valence-corrected chi connectivity index (χ4v) is 2.35. The molecular weight excluding hydrogens is 319 g/mol. The predicted octanol–water partition coefficient (Wildman–Crippen LogP) is 3.53. The number of anilines is 1. The summed E-state index contributed by atoms with van der Waals surface area (Å²) in [5, 5.41) is 12.7. The van der Waals surface area contributed by atoms with Crippen molar-refractivity contribution in [2.75, 3.05) is 11.1 Å². The Morgan fingerprint density at radius 2 is 2.06 bits per heavy atom. The molecule has 1 aromatic rings. The minimum absolute atomic E-state index is 0.0456. The molecule has 18 heavy (non-hydrogen) atoms. The van der Waals surface area contributed by atoms with Gasteiger partial charge < -0.3 is 5.32 Å². The molecule has 0 saturated carbocycles. The molecule has 0 saturated heterocycles. The lowest BCUT2D eigenvalue weighted by Crippen LogP contribution is -2.09. The van der Waals surface area contributed by atoms with Crippen LogP contribution in [-0.2, 0) is 0 Å². The van der Waals surface area contributed by atoms with E-state index in [9.17, 15) is 10.1 Å². The Bertz CT molecular complexity index is 463. The highest BCUT2D eigenvalue weighted by molar-refractivity contribution is 8.23. The molecule has 0 fully saturated rings. The molecule has 1 aromatic heterocycles. The molecule has 0 spiro atoms. The summed E-state index contributed by atoms with van der Waals surface area (Å²) in [5.74, 6) is 0.893. The maximum Gasteiger partial charge on any atom is 0.343 e. The number of nitrogens with zero attached hydrogens (tertiary/aromatic N) is 3. The van der Waals surface area contributed by atoms with Crippen LogP contribution in [0.3, 0.4) is 0 Å². The van der Waals surface area contributed by atoms with Gasteiger partial charge in [0.25, 0.3) is 0 Å². The number of thiocarbonyl (C=S) groups is 1. The van der Waals surface area contributed by atoms with E-state index in [1.54, 1.807) is 0 Å². The molecule has 0 aliphatic heterocycles. The second-order valence-electron chi connectivity index (χ2n) is 3.00. The van der Waals surface area contributed by atoms with Crippen molar-refractivity contribution in [3.8, 4) is 0 Å². The van der Waals surface area contributed by atoms with Crippen LogP contribution in [0.2, 0.25) is 10.3 Å². The van der Waals surface area contributed by atoms with E-state index in [4.69, 9.17) is 35.4 Å². The van der Waals surface area contributed by atoms with Crippen LogP contribution >= 0.6 is 47.2 Å². The number of nitro groups is 1. The van der Waals surface area contributed by atoms with E-state index in [1.807, 2.05) is 6.92 Å². The van der Waals surface area contributed by atoms with E-state index >= 15 is 0 Å². The fraction of sp³-hybridized carbons (Fsp3) is 0.375. The third-order valence-electron chi connectivity index (χ3n) is 1.63. The number of nitrogens with one attached hydrogen (secondary N) is 1. The molecule has 0 radical (unpaired) electrons. The highest BCUT2D eigenvalue weighted by Gasteiger charge is 2.22. The van der Waals surface area contributed by atoms with Crippen molar-refractivity contribution in [3.63, 3.8) is 0 Å². The van der Waals surface area contributed by atoms with E-state index in [0.717, 1.165) is 12.2 Å². The maximum atomic E-state index is 10.6. The molecule has 98 valence electrons. The summed E-state index contributed by atoms with van der Waals surface area (Å²) >= 11 is 17.7. The van der Waals surface area contributed by atoms with Crippen molar-refractivity contribution < 1.29 is 4.92 Å². The molecule has 0 aliphatic carbocycles. The number of rotatable bonds is 4. The van der Waals surface area contributed by atoms with Crippen LogP contribution in [0.25, 0.3) is 0 Å². The SMILES string of the molecule is CCCSC(=S)Nc1nc(Cl)c([N+](=O)[O-])c(Cl)n1. The maximum absolute atomic E-state index is 10.6. The molecule has 1 N–H and O–H groups in total. The van der Waals surface area contributed by atoms with Gasteiger partial charge >= 0.3 is 5.69 Å². The Kier molecular flexibility index (Phi) is 6.00. The second-order valence-corrected chi connectivity index (χ2v) is 5.48. The number of hydrogen-bond donors (Lipinski definition) is 1. The smallest absolute Gasteiger partial charge is 0.310 e. The number of hydrogen-bond acceptors (Lipinski definition) is 6. The third kappa shape index (κ3) is 4.20. The Labute approximate surface area is 123 Å². The molecule has 0 aliphatic rings. The molecule has 0 unspecified atom stereocenters. The Balaban J connectivity index is 2.87. The molecule has 1 heterocycles. The summed E-state index contributed by atoms with van der Waals surface area (Å²) in [5.41, 5.74) is -0.518. The predicted molar refractivity (Wildman–Crippen MR) is 77.7 cm³/mol. The Morgan fingerprint density at radius 1 is 1.50 bits per heavy atom. The van der Waals surface area contributed by atoms with Gasteiger partial charge in [0.15, 0.2) is 0 Å². The van der Waals surface area contributed by atoms with Crippen LogP contribution in [0.4, 0.5) is 11.6 Å². The monoisotopic (exact) mass is 326 g/mol. The first-order valence-corrected chi connectivity index (χ1v) is 6.91. The van der Waals surface area contributed by atoms with Gasteiger partial charge in [-0.1, -0.05) is 54.1 Å². The van der Waals surface area contributed by atoms with Gasteiger partial charge in [0, 0.05) is 0 Å². The number of aromatic nitrogens is 2. The van der Waals surface area contributed by atoms with E-state index in [-0.39, 0.29) is 16.3 Å².